The monoisotopic (exact) mass is 975 g/mol. The van der Waals surface area contributed by atoms with Crippen LogP contribution in [0.2, 0.25) is 0 Å². The Kier molecular flexibility index (Phi) is 57.6. The van der Waals surface area contributed by atoms with Crippen LogP contribution in [0.25, 0.3) is 0 Å². The van der Waals surface area contributed by atoms with Gasteiger partial charge in [0.15, 0.2) is 6.10 Å². The fraction of sp³-hybridized carbons (Fsp3) is 0.952. The third-order valence-electron chi connectivity index (χ3n) is 14.6. The van der Waals surface area contributed by atoms with Gasteiger partial charge in [-0.3, -0.25) is 14.4 Å². The Bertz CT molecular complexity index is 1030. The van der Waals surface area contributed by atoms with Crippen molar-refractivity contribution in [2.24, 2.45) is 0 Å². The fourth-order valence-corrected chi connectivity index (χ4v) is 9.86. The Morgan fingerprint density at radius 2 is 0.391 bits per heavy atom. The summed E-state index contributed by atoms with van der Waals surface area (Å²) in [5, 5.41) is 0. The number of carbonyl (C=O) groups is 3. The van der Waals surface area contributed by atoms with Gasteiger partial charge in [-0.2, -0.15) is 0 Å². The van der Waals surface area contributed by atoms with Crippen LogP contribution in [0.3, 0.4) is 0 Å². The molecule has 0 spiro atoms. The van der Waals surface area contributed by atoms with Gasteiger partial charge in [-0.15, -0.1) is 0 Å². The number of hydrogen-bond donors (Lipinski definition) is 0. The van der Waals surface area contributed by atoms with Crippen molar-refractivity contribution in [1.29, 1.82) is 0 Å². The minimum atomic E-state index is -0.761. The smallest absolute Gasteiger partial charge is 0.306 e. The second-order valence-electron chi connectivity index (χ2n) is 21.7. The average Bonchev–Trinajstić information content (AvgIpc) is 3.35. The Morgan fingerprint density at radius 3 is 0.580 bits per heavy atom. The van der Waals surface area contributed by atoms with Crippen molar-refractivity contribution in [3.8, 4) is 0 Å². The molecule has 0 saturated heterocycles. The second kappa shape index (κ2) is 59.0. The van der Waals surface area contributed by atoms with Crippen molar-refractivity contribution in [3.63, 3.8) is 0 Å². The van der Waals surface area contributed by atoms with E-state index in [2.05, 4.69) is 20.8 Å². The van der Waals surface area contributed by atoms with E-state index in [4.69, 9.17) is 14.2 Å². The highest BCUT2D eigenvalue weighted by molar-refractivity contribution is 5.71. The summed E-state index contributed by atoms with van der Waals surface area (Å²) in [6.45, 7) is 6.72. The Balaban J connectivity index is 4.20. The summed E-state index contributed by atoms with van der Waals surface area (Å²) in [7, 11) is 0. The van der Waals surface area contributed by atoms with E-state index in [0.29, 0.717) is 19.3 Å². The molecule has 410 valence electrons. The summed E-state index contributed by atoms with van der Waals surface area (Å²) in [4.78, 5) is 38.2. The first-order valence-electron chi connectivity index (χ1n) is 31.5. The molecule has 0 fully saturated rings. The minimum Gasteiger partial charge on any atom is -0.462 e. The maximum Gasteiger partial charge on any atom is 0.306 e. The number of carbonyl (C=O) groups excluding carboxylic acids is 3. The largest absolute Gasteiger partial charge is 0.462 e. The van der Waals surface area contributed by atoms with Gasteiger partial charge >= 0.3 is 17.9 Å². The van der Waals surface area contributed by atoms with E-state index >= 15 is 0 Å². The van der Waals surface area contributed by atoms with Crippen molar-refractivity contribution >= 4 is 17.9 Å². The molecule has 0 N–H and O–H groups in total. The molecule has 0 aromatic rings. The van der Waals surface area contributed by atoms with Crippen LogP contribution < -0.4 is 0 Å². The van der Waals surface area contributed by atoms with Gasteiger partial charge < -0.3 is 14.2 Å². The molecular formula is C63H122O6. The highest BCUT2D eigenvalue weighted by atomic mass is 16.6. The number of rotatable bonds is 59. The van der Waals surface area contributed by atoms with Crippen molar-refractivity contribution in [3.05, 3.63) is 0 Å². The molecule has 0 amide bonds. The first kappa shape index (κ1) is 67.4. The Morgan fingerprint density at radius 1 is 0.232 bits per heavy atom. The first-order chi connectivity index (χ1) is 34.0. The molecule has 0 aliphatic heterocycles. The summed E-state index contributed by atoms with van der Waals surface area (Å²) in [6, 6.07) is 0. The maximum atomic E-state index is 12.9. The van der Waals surface area contributed by atoms with E-state index in [1.54, 1.807) is 0 Å². The lowest BCUT2D eigenvalue weighted by molar-refractivity contribution is -0.167. The molecule has 0 rings (SSSR count). The number of hydrogen-bond acceptors (Lipinski definition) is 6. The Labute approximate surface area is 431 Å². The summed E-state index contributed by atoms with van der Waals surface area (Å²) in [5.41, 5.74) is 0. The second-order valence-corrected chi connectivity index (χ2v) is 21.7. The van der Waals surface area contributed by atoms with Crippen LogP contribution in [0.15, 0.2) is 0 Å². The Hall–Kier alpha value is -1.59. The summed E-state index contributed by atoms with van der Waals surface area (Å²) >= 11 is 0. The molecule has 0 radical (unpaired) electrons. The van der Waals surface area contributed by atoms with E-state index in [9.17, 15) is 14.4 Å². The lowest BCUT2D eigenvalue weighted by atomic mass is 10.0. The van der Waals surface area contributed by atoms with Crippen molar-refractivity contribution in [2.75, 3.05) is 13.2 Å². The topological polar surface area (TPSA) is 78.9 Å². The average molecular weight is 976 g/mol. The molecule has 69 heavy (non-hydrogen) atoms. The molecule has 6 nitrogen and oxygen atoms in total. The molecule has 1 atom stereocenters. The lowest BCUT2D eigenvalue weighted by Gasteiger charge is -2.18. The summed E-state index contributed by atoms with van der Waals surface area (Å²) < 4.78 is 16.9. The van der Waals surface area contributed by atoms with Gasteiger partial charge in [0.1, 0.15) is 13.2 Å². The van der Waals surface area contributed by atoms with Crippen LogP contribution in [-0.4, -0.2) is 37.2 Å². The quantitative estimate of drug-likeness (QED) is 0.0343. The summed E-state index contributed by atoms with van der Waals surface area (Å²) in [5.74, 6) is -0.827. The first-order valence-corrected chi connectivity index (χ1v) is 31.5. The van der Waals surface area contributed by atoms with Crippen molar-refractivity contribution in [1.82, 2.24) is 0 Å². The zero-order chi connectivity index (χ0) is 50.0. The normalized spacial score (nSPS) is 11.9. The molecule has 0 aromatic carbocycles. The van der Waals surface area contributed by atoms with Gasteiger partial charge in [-0.1, -0.05) is 329 Å². The van der Waals surface area contributed by atoms with Gasteiger partial charge in [0, 0.05) is 19.3 Å². The fourth-order valence-electron chi connectivity index (χ4n) is 9.86. The zero-order valence-electron chi connectivity index (χ0n) is 47.1. The number of unbranched alkanes of at least 4 members (excludes halogenated alkanes) is 48. The predicted molar refractivity (Wildman–Crippen MR) is 298 cm³/mol. The van der Waals surface area contributed by atoms with Gasteiger partial charge in [-0.25, -0.2) is 0 Å². The van der Waals surface area contributed by atoms with Crippen LogP contribution in [0.5, 0.6) is 0 Å². The van der Waals surface area contributed by atoms with Crippen molar-refractivity contribution in [2.45, 2.75) is 374 Å². The van der Waals surface area contributed by atoms with Gasteiger partial charge in [0.2, 0.25) is 0 Å². The molecule has 0 aliphatic carbocycles. The van der Waals surface area contributed by atoms with E-state index in [-0.39, 0.29) is 31.1 Å². The van der Waals surface area contributed by atoms with E-state index in [1.807, 2.05) is 0 Å². The van der Waals surface area contributed by atoms with Crippen LogP contribution >= 0.6 is 0 Å². The maximum absolute atomic E-state index is 12.9. The predicted octanol–water partition coefficient (Wildman–Crippen LogP) is 21.1. The molecule has 0 bridgehead atoms. The molecule has 1 unspecified atom stereocenters. The molecule has 6 heteroatoms. The van der Waals surface area contributed by atoms with Crippen LogP contribution in [-0.2, 0) is 28.6 Å². The van der Waals surface area contributed by atoms with E-state index < -0.39 is 6.10 Å². The third-order valence-corrected chi connectivity index (χ3v) is 14.6. The highest BCUT2D eigenvalue weighted by Crippen LogP contribution is 2.18. The molecule has 0 saturated carbocycles. The standard InChI is InChI=1S/C63H122O6/c1-4-7-10-13-16-19-22-25-28-29-30-31-32-33-34-35-36-39-41-44-47-50-53-56-62(65)68-59-60(69-63(66)57-54-51-48-45-42-38-27-24-21-18-15-12-9-6-3)58-67-61(64)55-52-49-46-43-40-37-26-23-20-17-14-11-8-5-2/h60H,4-59H2,1-3H3. The number of esters is 3. The van der Waals surface area contributed by atoms with Crippen LogP contribution in [0, 0.1) is 0 Å². The van der Waals surface area contributed by atoms with Crippen LogP contribution in [0.1, 0.15) is 367 Å². The van der Waals surface area contributed by atoms with Crippen LogP contribution in [0.4, 0.5) is 0 Å². The third kappa shape index (κ3) is 57.2. The SMILES string of the molecule is CCCCCCCCCCCCCCCCCCCCCCCCCC(=O)OCC(COC(=O)CCCCCCCCCCCCCCCC)OC(=O)CCCCCCCCCCCCCCCC. The van der Waals surface area contributed by atoms with E-state index in [1.165, 1.54) is 270 Å². The lowest BCUT2D eigenvalue weighted by Crippen LogP contribution is -2.30. The highest BCUT2D eigenvalue weighted by Gasteiger charge is 2.19. The van der Waals surface area contributed by atoms with E-state index in [0.717, 1.165) is 57.8 Å². The van der Waals surface area contributed by atoms with Crippen molar-refractivity contribution < 1.29 is 28.6 Å². The van der Waals surface area contributed by atoms with Gasteiger partial charge in [0.25, 0.3) is 0 Å². The zero-order valence-corrected chi connectivity index (χ0v) is 47.1. The molecule has 0 heterocycles. The molecular weight excluding hydrogens is 853 g/mol. The van der Waals surface area contributed by atoms with Gasteiger partial charge in [-0.05, 0) is 19.3 Å². The molecule has 0 aliphatic rings. The summed E-state index contributed by atoms with van der Waals surface area (Å²) in [6.07, 6.45) is 66.8. The minimum absolute atomic E-state index is 0.0607. The molecule has 0 aromatic heterocycles. The van der Waals surface area contributed by atoms with Gasteiger partial charge in [0.05, 0.1) is 0 Å². The number of ether oxygens (including phenoxy) is 3.